The third kappa shape index (κ3) is 3.64. The summed E-state index contributed by atoms with van der Waals surface area (Å²) in [5, 5.41) is 13.3. The van der Waals surface area contributed by atoms with Gasteiger partial charge in [-0.3, -0.25) is 0 Å². The van der Waals surface area contributed by atoms with Crippen LogP contribution in [-0.4, -0.2) is 43.6 Å². The first kappa shape index (κ1) is 15.6. The molecule has 0 amide bonds. The van der Waals surface area contributed by atoms with E-state index < -0.39 is 0 Å². The van der Waals surface area contributed by atoms with Crippen LogP contribution in [0, 0.1) is 0 Å². The van der Waals surface area contributed by atoms with Gasteiger partial charge in [-0.1, -0.05) is 24.6 Å². The van der Waals surface area contributed by atoms with Gasteiger partial charge in [-0.25, -0.2) is 0 Å². The standard InChI is InChI=1S/C15H23ClN2O2/c1-3-17-7-12-4-5-15(14(16)6-12)18-8-13(9-19)20-10-11(18)2/h4-6,11,13,17,19H,3,7-10H2,1-2H3. The fourth-order valence-corrected chi connectivity index (χ4v) is 2.74. The largest absolute Gasteiger partial charge is 0.394 e. The van der Waals surface area contributed by atoms with Gasteiger partial charge in [0.1, 0.15) is 0 Å². The van der Waals surface area contributed by atoms with Gasteiger partial charge in [0.2, 0.25) is 0 Å². The summed E-state index contributed by atoms with van der Waals surface area (Å²) in [5.41, 5.74) is 2.20. The fourth-order valence-electron chi connectivity index (χ4n) is 2.43. The Morgan fingerprint density at radius 1 is 1.50 bits per heavy atom. The van der Waals surface area contributed by atoms with Gasteiger partial charge in [0.15, 0.2) is 0 Å². The first-order valence-electron chi connectivity index (χ1n) is 7.14. The van der Waals surface area contributed by atoms with E-state index in [1.165, 1.54) is 5.56 Å². The Morgan fingerprint density at radius 3 is 2.95 bits per heavy atom. The van der Waals surface area contributed by atoms with Crippen molar-refractivity contribution in [1.82, 2.24) is 5.32 Å². The third-order valence-corrected chi connectivity index (χ3v) is 3.91. The van der Waals surface area contributed by atoms with Crippen LogP contribution in [0.15, 0.2) is 18.2 Å². The lowest BCUT2D eigenvalue weighted by atomic mass is 10.1. The lowest BCUT2D eigenvalue weighted by Crippen LogP contribution is -2.49. The molecule has 112 valence electrons. The summed E-state index contributed by atoms with van der Waals surface area (Å²) in [6.07, 6.45) is -0.135. The van der Waals surface area contributed by atoms with Crippen LogP contribution >= 0.6 is 11.6 Å². The summed E-state index contributed by atoms with van der Waals surface area (Å²) < 4.78 is 5.56. The van der Waals surface area contributed by atoms with Crippen molar-refractivity contribution in [3.8, 4) is 0 Å². The van der Waals surface area contributed by atoms with Crippen LogP contribution < -0.4 is 10.2 Å². The maximum atomic E-state index is 9.26. The van der Waals surface area contributed by atoms with Crippen LogP contribution in [-0.2, 0) is 11.3 Å². The summed E-state index contributed by atoms with van der Waals surface area (Å²) in [5.74, 6) is 0. The number of nitrogens with one attached hydrogen (secondary N) is 1. The van der Waals surface area contributed by atoms with Crippen molar-refractivity contribution >= 4 is 17.3 Å². The number of halogens is 1. The Balaban J connectivity index is 2.14. The molecule has 0 aliphatic carbocycles. The molecule has 1 aromatic rings. The summed E-state index contributed by atoms with van der Waals surface area (Å²) in [7, 11) is 0. The summed E-state index contributed by atoms with van der Waals surface area (Å²) >= 11 is 6.43. The van der Waals surface area contributed by atoms with Crippen LogP contribution in [0.3, 0.4) is 0 Å². The van der Waals surface area contributed by atoms with E-state index in [2.05, 4.69) is 36.2 Å². The highest BCUT2D eigenvalue weighted by Crippen LogP contribution is 2.30. The number of ether oxygens (including phenoxy) is 1. The topological polar surface area (TPSA) is 44.7 Å². The molecular formula is C15H23ClN2O2. The predicted octanol–water partition coefficient (Wildman–Crippen LogP) is 2.04. The van der Waals surface area contributed by atoms with Crippen molar-refractivity contribution in [2.24, 2.45) is 0 Å². The Bertz CT molecular complexity index is 442. The summed E-state index contributed by atoms with van der Waals surface area (Å²) in [4.78, 5) is 2.21. The fraction of sp³-hybridized carbons (Fsp3) is 0.600. The Hall–Kier alpha value is -0.810. The van der Waals surface area contributed by atoms with Crippen LogP contribution in [0.5, 0.6) is 0 Å². The van der Waals surface area contributed by atoms with E-state index in [0.29, 0.717) is 13.2 Å². The van der Waals surface area contributed by atoms with Gasteiger partial charge in [-0.05, 0) is 31.2 Å². The van der Waals surface area contributed by atoms with Crippen LogP contribution in [0.4, 0.5) is 5.69 Å². The quantitative estimate of drug-likeness (QED) is 0.873. The highest BCUT2D eigenvalue weighted by atomic mass is 35.5. The van der Waals surface area contributed by atoms with E-state index in [0.717, 1.165) is 23.8 Å². The van der Waals surface area contributed by atoms with E-state index in [1.54, 1.807) is 0 Å². The second-order valence-corrected chi connectivity index (χ2v) is 5.61. The number of hydrogen-bond donors (Lipinski definition) is 2. The molecule has 0 spiro atoms. The van der Waals surface area contributed by atoms with Crippen molar-refractivity contribution in [2.45, 2.75) is 32.5 Å². The first-order chi connectivity index (χ1) is 9.65. The van der Waals surface area contributed by atoms with Crippen LogP contribution in [0.2, 0.25) is 5.02 Å². The molecule has 2 N–H and O–H groups in total. The smallest absolute Gasteiger partial charge is 0.0981 e. The van der Waals surface area contributed by atoms with E-state index >= 15 is 0 Å². The van der Waals surface area contributed by atoms with Gasteiger partial charge in [0, 0.05) is 19.1 Å². The van der Waals surface area contributed by atoms with Crippen molar-refractivity contribution in [3.63, 3.8) is 0 Å². The second kappa shape index (κ2) is 7.27. The van der Waals surface area contributed by atoms with E-state index in [1.807, 2.05) is 6.07 Å². The van der Waals surface area contributed by atoms with Gasteiger partial charge in [-0.15, -0.1) is 0 Å². The number of aliphatic hydroxyl groups excluding tert-OH is 1. The zero-order valence-corrected chi connectivity index (χ0v) is 12.9. The molecule has 0 bridgehead atoms. The number of anilines is 1. The lowest BCUT2D eigenvalue weighted by molar-refractivity contribution is -0.0103. The molecule has 0 saturated carbocycles. The van der Waals surface area contributed by atoms with Crippen molar-refractivity contribution in [3.05, 3.63) is 28.8 Å². The van der Waals surface area contributed by atoms with Gasteiger partial charge >= 0.3 is 0 Å². The monoisotopic (exact) mass is 298 g/mol. The normalized spacial score (nSPS) is 23.1. The zero-order valence-electron chi connectivity index (χ0n) is 12.1. The molecular weight excluding hydrogens is 276 g/mol. The number of nitrogens with zero attached hydrogens (tertiary/aromatic N) is 1. The molecule has 0 radical (unpaired) electrons. The first-order valence-corrected chi connectivity index (χ1v) is 7.51. The van der Waals surface area contributed by atoms with E-state index in [9.17, 15) is 5.11 Å². The molecule has 4 nitrogen and oxygen atoms in total. The molecule has 1 aliphatic rings. The molecule has 1 aromatic carbocycles. The average Bonchev–Trinajstić information content (AvgIpc) is 2.46. The van der Waals surface area contributed by atoms with Gasteiger partial charge < -0.3 is 20.1 Å². The molecule has 1 fully saturated rings. The van der Waals surface area contributed by atoms with E-state index in [-0.39, 0.29) is 18.8 Å². The number of rotatable bonds is 5. The van der Waals surface area contributed by atoms with Crippen molar-refractivity contribution in [2.75, 3.05) is 31.2 Å². The van der Waals surface area contributed by atoms with Crippen LogP contribution in [0.25, 0.3) is 0 Å². The van der Waals surface area contributed by atoms with Gasteiger partial charge in [-0.2, -0.15) is 0 Å². The molecule has 2 rings (SSSR count). The number of benzene rings is 1. The highest BCUT2D eigenvalue weighted by Gasteiger charge is 2.27. The maximum absolute atomic E-state index is 9.26. The van der Waals surface area contributed by atoms with Crippen molar-refractivity contribution in [1.29, 1.82) is 0 Å². The van der Waals surface area contributed by atoms with Crippen LogP contribution in [0.1, 0.15) is 19.4 Å². The Morgan fingerprint density at radius 2 is 2.30 bits per heavy atom. The second-order valence-electron chi connectivity index (χ2n) is 5.21. The van der Waals surface area contributed by atoms with E-state index in [4.69, 9.17) is 16.3 Å². The number of morpholine rings is 1. The number of aliphatic hydroxyl groups is 1. The van der Waals surface area contributed by atoms with Crippen molar-refractivity contribution < 1.29 is 9.84 Å². The molecule has 20 heavy (non-hydrogen) atoms. The number of hydrogen-bond acceptors (Lipinski definition) is 4. The maximum Gasteiger partial charge on any atom is 0.0981 e. The average molecular weight is 299 g/mol. The molecule has 5 heteroatoms. The molecule has 2 atom stereocenters. The summed E-state index contributed by atoms with van der Waals surface area (Å²) in [6, 6.07) is 6.43. The molecule has 0 aromatic heterocycles. The predicted molar refractivity (Wildman–Crippen MR) is 82.5 cm³/mol. The Labute approximate surface area is 125 Å². The molecule has 1 heterocycles. The minimum atomic E-state index is -0.135. The Kier molecular flexibility index (Phi) is 5.66. The molecule has 1 saturated heterocycles. The minimum absolute atomic E-state index is 0.0410. The van der Waals surface area contributed by atoms with Gasteiger partial charge in [0.05, 0.1) is 30.0 Å². The minimum Gasteiger partial charge on any atom is -0.394 e. The SMILES string of the molecule is CCNCc1ccc(N2CC(CO)OCC2C)c(Cl)c1. The zero-order chi connectivity index (χ0) is 14.5. The summed E-state index contributed by atoms with van der Waals surface area (Å²) in [6.45, 7) is 7.29. The highest BCUT2D eigenvalue weighted by molar-refractivity contribution is 6.33. The lowest BCUT2D eigenvalue weighted by Gasteiger charge is -2.39. The van der Waals surface area contributed by atoms with Gasteiger partial charge in [0.25, 0.3) is 0 Å². The molecule has 1 aliphatic heterocycles. The molecule has 2 unspecified atom stereocenters. The third-order valence-electron chi connectivity index (χ3n) is 3.61.